The summed E-state index contributed by atoms with van der Waals surface area (Å²) in [6.45, 7) is 8.35. The van der Waals surface area contributed by atoms with Crippen LogP contribution >= 0.6 is 0 Å². The molecule has 1 aromatic rings. The van der Waals surface area contributed by atoms with Crippen LogP contribution in [0.5, 0.6) is 0 Å². The largest absolute Gasteiger partial charge is 0.469 e. The number of benzene rings is 1. The lowest BCUT2D eigenvalue weighted by Gasteiger charge is -2.19. The minimum atomic E-state index is -0.139. The van der Waals surface area contributed by atoms with Gasteiger partial charge in [-0.3, -0.25) is 4.79 Å². The summed E-state index contributed by atoms with van der Waals surface area (Å²) in [5.74, 6) is 0.200. The quantitative estimate of drug-likeness (QED) is 0.744. The van der Waals surface area contributed by atoms with Crippen molar-refractivity contribution in [1.29, 1.82) is 0 Å². The van der Waals surface area contributed by atoms with Crippen molar-refractivity contribution in [3.63, 3.8) is 0 Å². The number of ether oxygens (including phenoxy) is 1. The molecular weight excluding hydrogens is 212 g/mol. The molecule has 1 rings (SSSR count). The van der Waals surface area contributed by atoms with Crippen LogP contribution < -0.4 is 0 Å². The molecule has 1 unspecified atom stereocenters. The van der Waals surface area contributed by atoms with Crippen molar-refractivity contribution in [3.05, 3.63) is 34.9 Å². The zero-order valence-electron chi connectivity index (χ0n) is 11.4. The van der Waals surface area contributed by atoms with Gasteiger partial charge in [0.15, 0.2) is 0 Å². The lowest BCUT2D eigenvalue weighted by molar-refractivity contribution is -0.142. The highest BCUT2D eigenvalue weighted by molar-refractivity contribution is 5.78. The monoisotopic (exact) mass is 234 g/mol. The van der Waals surface area contributed by atoms with E-state index in [9.17, 15) is 4.79 Å². The number of methoxy groups -OCH3 is 1. The smallest absolute Gasteiger partial charge is 0.313 e. The topological polar surface area (TPSA) is 26.3 Å². The summed E-state index contributed by atoms with van der Waals surface area (Å²) in [5.41, 5.74) is 3.44. The van der Waals surface area contributed by atoms with Gasteiger partial charge in [-0.2, -0.15) is 0 Å². The molecule has 1 aromatic carbocycles. The van der Waals surface area contributed by atoms with Crippen LogP contribution in [0, 0.1) is 19.8 Å². The maximum Gasteiger partial charge on any atom is 0.313 e. The van der Waals surface area contributed by atoms with Gasteiger partial charge in [-0.05, 0) is 37.3 Å². The van der Waals surface area contributed by atoms with E-state index in [0.29, 0.717) is 5.92 Å². The minimum Gasteiger partial charge on any atom is -0.469 e. The minimum absolute atomic E-state index is 0.132. The van der Waals surface area contributed by atoms with Crippen LogP contribution in [0.25, 0.3) is 0 Å². The molecule has 94 valence electrons. The number of rotatable bonds is 4. The molecule has 0 N–H and O–H groups in total. The van der Waals surface area contributed by atoms with E-state index < -0.39 is 0 Å². The Morgan fingerprint density at radius 3 is 2.47 bits per heavy atom. The van der Waals surface area contributed by atoms with Crippen LogP contribution in [0.2, 0.25) is 0 Å². The van der Waals surface area contributed by atoms with Crippen LogP contribution in [0.4, 0.5) is 0 Å². The number of hydrogen-bond donors (Lipinski definition) is 0. The van der Waals surface area contributed by atoms with Crippen LogP contribution in [-0.2, 0) is 9.53 Å². The molecule has 0 amide bonds. The summed E-state index contributed by atoms with van der Waals surface area (Å²) in [6.07, 6.45) is 0.830. The molecule has 17 heavy (non-hydrogen) atoms. The maximum atomic E-state index is 11.9. The van der Waals surface area contributed by atoms with Gasteiger partial charge in [-0.1, -0.05) is 37.6 Å². The Hall–Kier alpha value is -1.31. The highest BCUT2D eigenvalue weighted by atomic mass is 16.5. The molecule has 0 bridgehead atoms. The lowest BCUT2D eigenvalue weighted by atomic mass is 9.87. The van der Waals surface area contributed by atoms with Crippen molar-refractivity contribution in [2.24, 2.45) is 5.92 Å². The first-order valence-corrected chi connectivity index (χ1v) is 6.10. The zero-order chi connectivity index (χ0) is 13.0. The molecule has 0 heterocycles. The molecule has 2 nitrogen and oxygen atoms in total. The second kappa shape index (κ2) is 5.85. The average Bonchev–Trinajstić information content (AvgIpc) is 2.28. The summed E-state index contributed by atoms with van der Waals surface area (Å²) >= 11 is 0. The van der Waals surface area contributed by atoms with Crippen molar-refractivity contribution in [3.8, 4) is 0 Å². The third-order valence-electron chi connectivity index (χ3n) is 3.00. The van der Waals surface area contributed by atoms with E-state index >= 15 is 0 Å². The first-order chi connectivity index (χ1) is 7.95. The summed E-state index contributed by atoms with van der Waals surface area (Å²) in [5, 5.41) is 0. The highest BCUT2D eigenvalue weighted by Crippen LogP contribution is 2.28. The van der Waals surface area contributed by atoms with E-state index in [2.05, 4.69) is 32.0 Å². The summed E-state index contributed by atoms with van der Waals surface area (Å²) < 4.78 is 4.92. The Kier molecular flexibility index (Phi) is 4.73. The van der Waals surface area contributed by atoms with Crippen LogP contribution in [-0.4, -0.2) is 13.1 Å². The molecule has 0 spiro atoms. The molecule has 1 atom stereocenters. The van der Waals surface area contributed by atoms with E-state index in [-0.39, 0.29) is 11.9 Å². The fraction of sp³-hybridized carbons (Fsp3) is 0.533. The third kappa shape index (κ3) is 3.58. The third-order valence-corrected chi connectivity index (χ3v) is 3.00. The zero-order valence-corrected chi connectivity index (χ0v) is 11.4. The Balaban J connectivity index is 3.11. The van der Waals surface area contributed by atoms with E-state index in [0.717, 1.165) is 17.5 Å². The number of esters is 1. The normalized spacial score (nSPS) is 12.6. The summed E-state index contributed by atoms with van der Waals surface area (Å²) in [6, 6.07) is 6.24. The standard InChI is InChI=1S/C15H22O2/c1-10(2)8-14(15(16)17-5)13-9-11(3)6-7-12(13)4/h6-7,9-10,14H,8H2,1-5H3. The van der Waals surface area contributed by atoms with E-state index in [1.54, 1.807) is 0 Å². The van der Waals surface area contributed by atoms with E-state index in [4.69, 9.17) is 4.74 Å². The SMILES string of the molecule is COC(=O)C(CC(C)C)c1cc(C)ccc1C. The molecule has 2 heteroatoms. The van der Waals surface area contributed by atoms with Crippen molar-refractivity contribution >= 4 is 5.97 Å². The van der Waals surface area contributed by atoms with Gasteiger partial charge < -0.3 is 4.74 Å². The molecule has 0 saturated heterocycles. The van der Waals surface area contributed by atoms with Gasteiger partial charge in [0.2, 0.25) is 0 Å². The molecule has 0 aliphatic carbocycles. The predicted molar refractivity (Wildman–Crippen MR) is 70.1 cm³/mol. The molecule has 0 aliphatic rings. The molecule has 0 aromatic heterocycles. The van der Waals surface area contributed by atoms with Gasteiger partial charge in [0, 0.05) is 0 Å². The van der Waals surface area contributed by atoms with Gasteiger partial charge in [-0.15, -0.1) is 0 Å². The molecule has 0 radical (unpaired) electrons. The highest BCUT2D eigenvalue weighted by Gasteiger charge is 2.24. The van der Waals surface area contributed by atoms with Crippen LogP contribution in [0.15, 0.2) is 18.2 Å². The van der Waals surface area contributed by atoms with Crippen molar-refractivity contribution in [2.45, 2.75) is 40.0 Å². The molecule has 0 aliphatic heterocycles. The lowest BCUT2D eigenvalue weighted by Crippen LogP contribution is -2.17. The molecule has 0 saturated carbocycles. The van der Waals surface area contributed by atoms with Crippen molar-refractivity contribution < 1.29 is 9.53 Å². The summed E-state index contributed by atoms with van der Waals surface area (Å²) in [4.78, 5) is 11.9. The Morgan fingerprint density at radius 1 is 1.29 bits per heavy atom. The van der Waals surface area contributed by atoms with E-state index in [1.165, 1.54) is 12.7 Å². The number of hydrogen-bond acceptors (Lipinski definition) is 2. The van der Waals surface area contributed by atoms with Gasteiger partial charge in [0.05, 0.1) is 13.0 Å². The second-order valence-electron chi connectivity index (χ2n) is 5.07. The number of carbonyl (C=O) groups is 1. The van der Waals surface area contributed by atoms with E-state index in [1.807, 2.05) is 13.8 Å². The second-order valence-corrected chi connectivity index (χ2v) is 5.07. The van der Waals surface area contributed by atoms with Crippen molar-refractivity contribution in [1.82, 2.24) is 0 Å². The Bertz CT molecular complexity index is 394. The van der Waals surface area contributed by atoms with Gasteiger partial charge in [-0.25, -0.2) is 0 Å². The number of aryl methyl sites for hydroxylation is 2. The molecular formula is C15H22O2. The van der Waals surface area contributed by atoms with Crippen molar-refractivity contribution in [2.75, 3.05) is 7.11 Å². The Labute approximate surface area is 104 Å². The molecule has 0 fully saturated rings. The Morgan fingerprint density at radius 2 is 1.94 bits per heavy atom. The van der Waals surface area contributed by atoms with Crippen LogP contribution in [0.3, 0.4) is 0 Å². The maximum absolute atomic E-state index is 11.9. The first-order valence-electron chi connectivity index (χ1n) is 6.10. The summed E-state index contributed by atoms with van der Waals surface area (Å²) in [7, 11) is 1.46. The fourth-order valence-corrected chi connectivity index (χ4v) is 2.10. The van der Waals surface area contributed by atoms with Gasteiger partial charge >= 0.3 is 5.97 Å². The van der Waals surface area contributed by atoms with Gasteiger partial charge in [0.25, 0.3) is 0 Å². The fourth-order valence-electron chi connectivity index (χ4n) is 2.10. The average molecular weight is 234 g/mol. The first kappa shape index (κ1) is 13.8. The van der Waals surface area contributed by atoms with Crippen LogP contribution in [0.1, 0.15) is 42.9 Å². The van der Waals surface area contributed by atoms with Gasteiger partial charge in [0.1, 0.15) is 0 Å². The predicted octanol–water partition coefficient (Wildman–Crippen LogP) is 3.61. The number of carbonyl (C=O) groups excluding carboxylic acids is 1.